The first kappa shape index (κ1) is 88.8. The van der Waals surface area contributed by atoms with E-state index in [0.29, 0.717) is 25.7 Å². The van der Waals surface area contributed by atoms with Gasteiger partial charge in [0.25, 0.3) is 0 Å². The van der Waals surface area contributed by atoms with Gasteiger partial charge in [0, 0.05) is 76.6 Å². The van der Waals surface area contributed by atoms with Crippen molar-refractivity contribution in [3.05, 3.63) is 12.2 Å². The highest BCUT2D eigenvalue weighted by atomic mass is 19.4. The van der Waals surface area contributed by atoms with Crippen LogP contribution < -0.4 is 16.0 Å². The Kier molecular flexibility index (Phi) is 31.5. The first-order chi connectivity index (χ1) is 50.0. The molecule has 3 aliphatic carbocycles. The van der Waals surface area contributed by atoms with Crippen molar-refractivity contribution in [1.29, 1.82) is 0 Å². The van der Waals surface area contributed by atoms with E-state index in [0.717, 1.165) is 24.5 Å². The van der Waals surface area contributed by atoms with Crippen LogP contribution in [0.2, 0.25) is 0 Å². The van der Waals surface area contributed by atoms with Gasteiger partial charge in [0.1, 0.15) is 53.9 Å². The Labute approximate surface area is 627 Å². The van der Waals surface area contributed by atoms with Gasteiger partial charge in [0.15, 0.2) is 0 Å². The fourth-order valence-corrected chi connectivity index (χ4v) is 17.0. The highest BCUT2D eigenvalue weighted by Crippen LogP contribution is 2.50. The second kappa shape index (κ2) is 38.0. The lowest BCUT2D eigenvalue weighted by Gasteiger charge is -2.54. The van der Waals surface area contributed by atoms with Gasteiger partial charge in [0.05, 0.1) is 50.7 Å². The summed E-state index contributed by atoms with van der Waals surface area (Å²) in [5.41, 5.74) is -2.30. The standard InChI is InChI=1S/C75H120F6N12O14/c1-17-24-52-63(97)83-61(45(5)18-2)69(103)87(11)41-60(96)89(13)53-25-22-21-23-34-92(68(53)102)55(37-46-26-30-49(31-27-46)74(76,77)78)67(101)86(10)40-58(94)82-51(33-29-47-28-32-50(75(79,80)81)57(38-47)106-16)65(99)93-35-36-107-42-56(93)64(98)84-73(43-72(6,7)44-73)71(105)91(15)62(48(19-3)20-4)70(104)90(14)54(66(100)85(8)9)39-59(95)88(52)12/h21-22,45-57,61-62H,17-20,23-44H2,1-16H3,(H,82,94)(H,83,97)(H,84,98)/b22-21-/t45-,46?,47?,49?,50?,51-,52-,53-,54-,55-,56-,57?,61-,62-/m0/s1. The van der Waals surface area contributed by atoms with E-state index in [1.807, 2.05) is 27.7 Å². The molecule has 6 rings (SSSR count). The maximum atomic E-state index is 15.7. The number of hydrogen-bond donors (Lipinski definition) is 3. The molecule has 3 heterocycles. The predicted molar refractivity (Wildman–Crippen MR) is 384 cm³/mol. The highest BCUT2D eigenvalue weighted by Gasteiger charge is 2.59. The Bertz CT molecular complexity index is 3170. The van der Waals surface area contributed by atoms with E-state index in [1.54, 1.807) is 32.9 Å². The minimum atomic E-state index is -4.57. The number of methoxy groups -OCH3 is 1. The van der Waals surface area contributed by atoms with Crippen molar-refractivity contribution in [2.45, 2.75) is 249 Å². The van der Waals surface area contributed by atoms with Crippen molar-refractivity contribution < 1.29 is 93.4 Å². The third-order valence-electron chi connectivity index (χ3n) is 23.6. The molecule has 12 amide bonds. The number of hydrogen-bond acceptors (Lipinski definition) is 14. The number of alkyl halides is 6. The smallest absolute Gasteiger partial charge is 0.381 e. The maximum absolute atomic E-state index is 15.7. The Balaban J connectivity index is 1.48. The van der Waals surface area contributed by atoms with Crippen molar-refractivity contribution in [2.24, 2.45) is 40.9 Å². The second-order valence-corrected chi connectivity index (χ2v) is 32.0. The monoisotopic (exact) mass is 1530 g/mol. The van der Waals surface area contributed by atoms with Gasteiger partial charge in [-0.1, -0.05) is 86.3 Å². The van der Waals surface area contributed by atoms with Crippen molar-refractivity contribution in [2.75, 3.05) is 103 Å². The van der Waals surface area contributed by atoms with Crippen molar-refractivity contribution in [1.82, 2.24) is 60.0 Å². The van der Waals surface area contributed by atoms with Crippen LogP contribution in [0.4, 0.5) is 26.3 Å². The Hall–Kier alpha value is -7.12. The van der Waals surface area contributed by atoms with E-state index >= 15 is 28.8 Å². The third-order valence-corrected chi connectivity index (χ3v) is 23.6. The van der Waals surface area contributed by atoms with Gasteiger partial charge in [-0.3, -0.25) is 57.5 Å². The molecule has 2 saturated heterocycles. The van der Waals surface area contributed by atoms with E-state index < -0.39 is 210 Å². The summed E-state index contributed by atoms with van der Waals surface area (Å²) in [6.45, 7) is 10.4. The number of likely N-dealkylation sites (N-methyl/N-ethyl adjacent to an activating group) is 7. The van der Waals surface area contributed by atoms with Crippen LogP contribution in [0.3, 0.4) is 0 Å². The SMILES string of the molecule is CCC[C@H]1C(=O)N[C@@H]([C@@H](C)CC)C(=O)N(C)CC(=O)N(C)[C@H]2C/C=C\CCN(C2=O)[C@@H](CC2CCC(C(F)(F)F)CC2)C(=O)N(C)CC(=O)N[C@@H](CCC2CCC(C(F)(F)F)C(OC)C2)C(=O)N2CCOC[C@H]2C(=O)NC2(CC(C)(C)C2)C(=O)N(C)[C@@H](C(CC)CC)C(=O)N(C)[C@H](C(=O)N(C)C)CC(=O)N1C. The lowest BCUT2D eigenvalue weighted by molar-refractivity contribution is -0.215. The summed E-state index contributed by atoms with van der Waals surface area (Å²) in [4.78, 5) is 192. The number of morpholine rings is 1. The van der Waals surface area contributed by atoms with Gasteiger partial charge in [-0.15, -0.1) is 0 Å². The zero-order valence-corrected chi connectivity index (χ0v) is 65.7. The van der Waals surface area contributed by atoms with Crippen molar-refractivity contribution in [3.8, 4) is 0 Å². The van der Waals surface area contributed by atoms with Gasteiger partial charge in [-0.25, -0.2) is 0 Å². The molecule has 3 saturated carbocycles. The number of fused-ring (bicyclic) bond motifs is 3. The summed E-state index contributed by atoms with van der Waals surface area (Å²) in [5.74, 6) is -14.6. The lowest BCUT2D eigenvalue weighted by Crippen LogP contribution is -2.72. The average Bonchev–Trinajstić information content (AvgIpc) is 0.732. The quantitative estimate of drug-likeness (QED) is 0.134. The van der Waals surface area contributed by atoms with Crippen LogP contribution >= 0.6 is 0 Å². The summed E-state index contributed by atoms with van der Waals surface area (Å²) >= 11 is 0. The lowest BCUT2D eigenvalue weighted by atomic mass is 9.58. The minimum Gasteiger partial charge on any atom is -0.381 e. The Morgan fingerprint density at radius 3 is 1.85 bits per heavy atom. The molecule has 0 radical (unpaired) electrons. The molecule has 3 unspecified atom stereocenters. The van der Waals surface area contributed by atoms with Crippen molar-refractivity contribution >= 4 is 70.9 Å². The molecule has 6 aliphatic rings. The second-order valence-electron chi connectivity index (χ2n) is 32.0. The summed E-state index contributed by atoms with van der Waals surface area (Å²) < 4.78 is 96.5. The molecule has 3 N–H and O–H groups in total. The van der Waals surface area contributed by atoms with Crippen LogP contribution in [0.5, 0.6) is 0 Å². The number of carbonyl (C=O) groups excluding carboxylic acids is 12. The highest BCUT2D eigenvalue weighted by molar-refractivity contribution is 6.01. The molecule has 26 nitrogen and oxygen atoms in total. The van der Waals surface area contributed by atoms with Gasteiger partial charge >= 0.3 is 12.4 Å². The molecule has 0 aromatic heterocycles. The van der Waals surface area contributed by atoms with Crippen molar-refractivity contribution in [3.63, 3.8) is 0 Å². The normalized spacial score (nSPS) is 30.5. The molecular formula is C75H120F6N12O14. The van der Waals surface area contributed by atoms with Crippen LogP contribution in [-0.4, -0.2) is 290 Å². The number of halogens is 6. The number of carbonyl (C=O) groups is 12. The van der Waals surface area contributed by atoms with Crippen LogP contribution in [0.25, 0.3) is 0 Å². The van der Waals surface area contributed by atoms with Crippen LogP contribution in [0, 0.1) is 40.9 Å². The molecule has 32 heteroatoms. The molecule has 2 bridgehead atoms. The third kappa shape index (κ3) is 21.9. The summed E-state index contributed by atoms with van der Waals surface area (Å²) in [5, 5.41) is 8.58. The molecule has 5 fully saturated rings. The van der Waals surface area contributed by atoms with Gasteiger partial charge in [-0.2, -0.15) is 26.3 Å². The topological polar surface area (TPSA) is 289 Å². The van der Waals surface area contributed by atoms with Crippen LogP contribution in [-0.2, 0) is 67.0 Å². The molecule has 0 aromatic rings. The maximum Gasteiger partial charge on any atom is 0.394 e. The Morgan fingerprint density at radius 1 is 0.654 bits per heavy atom. The number of ether oxygens (including phenoxy) is 2. The average molecular weight is 1530 g/mol. The molecule has 12 atom stereocenters. The van der Waals surface area contributed by atoms with Gasteiger partial charge in [0.2, 0.25) is 70.9 Å². The molecular weight excluding hydrogens is 1410 g/mol. The molecule has 1 spiro atoms. The zero-order chi connectivity index (χ0) is 80.1. The van der Waals surface area contributed by atoms with E-state index in [-0.39, 0.29) is 116 Å². The fraction of sp³-hybridized carbons (Fsp3) is 0.813. The molecule has 107 heavy (non-hydrogen) atoms. The number of nitrogens with zero attached hydrogens (tertiary/aromatic N) is 9. The largest absolute Gasteiger partial charge is 0.394 e. The van der Waals surface area contributed by atoms with Crippen LogP contribution in [0.1, 0.15) is 177 Å². The number of rotatable bonds is 14. The van der Waals surface area contributed by atoms with E-state index in [4.69, 9.17) is 9.47 Å². The number of nitrogens with one attached hydrogen (secondary N) is 3. The first-order valence-corrected chi connectivity index (χ1v) is 38.2. The number of amides is 12. The fourth-order valence-electron chi connectivity index (χ4n) is 17.0. The molecule has 0 aromatic carbocycles. The first-order valence-electron chi connectivity index (χ1n) is 38.2. The molecule has 3 aliphatic heterocycles. The minimum absolute atomic E-state index is 0.0331. The van der Waals surface area contributed by atoms with E-state index in [1.165, 1.54) is 83.1 Å². The molecule has 606 valence electrons. The van der Waals surface area contributed by atoms with Gasteiger partial charge in [-0.05, 0) is 125 Å². The zero-order valence-electron chi connectivity index (χ0n) is 65.7. The Morgan fingerprint density at radius 2 is 1.28 bits per heavy atom. The summed E-state index contributed by atoms with van der Waals surface area (Å²) in [6, 6.07) is -11.1. The predicted octanol–water partition coefficient (Wildman–Crippen LogP) is 5.94. The van der Waals surface area contributed by atoms with Crippen LogP contribution in [0.15, 0.2) is 12.2 Å². The summed E-state index contributed by atoms with van der Waals surface area (Å²) in [6.07, 6.45) is -6.78. The summed E-state index contributed by atoms with van der Waals surface area (Å²) in [7, 11) is 12.2. The van der Waals surface area contributed by atoms with E-state index in [2.05, 4.69) is 16.0 Å². The van der Waals surface area contributed by atoms with E-state index in [9.17, 15) is 55.1 Å². The van der Waals surface area contributed by atoms with Gasteiger partial charge < -0.3 is 69.5 Å².